The lowest BCUT2D eigenvalue weighted by Crippen LogP contribution is -1.89. The Morgan fingerprint density at radius 2 is 2.19 bits per heavy atom. The van der Waals surface area contributed by atoms with Crippen LogP contribution in [0.5, 0.6) is 0 Å². The van der Waals surface area contributed by atoms with E-state index in [1.165, 1.54) is 0 Å². The Labute approximate surface area is 95.8 Å². The molecule has 0 saturated carbocycles. The van der Waals surface area contributed by atoms with Crippen molar-refractivity contribution in [3.05, 3.63) is 24.0 Å². The first-order valence-corrected chi connectivity index (χ1v) is 5.55. The normalized spacial score (nSPS) is 12.1. The van der Waals surface area contributed by atoms with Crippen LogP contribution in [0, 0.1) is 12.8 Å². The van der Waals surface area contributed by atoms with E-state index in [9.17, 15) is 0 Å². The molecule has 0 aromatic carbocycles. The average Bonchev–Trinajstić information content (AvgIpc) is 2.50. The van der Waals surface area contributed by atoms with Gasteiger partial charge in [0.05, 0.1) is 5.52 Å². The van der Waals surface area contributed by atoms with Crippen molar-refractivity contribution in [3.8, 4) is 0 Å². The van der Waals surface area contributed by atoms with Crippen LogP contribution in [-0.2, 0) is 7.05 Å². The van der Waals surface area contributed by atoms with E-state index in [0.717, 1.165) is 22.4 Å². The molecule has 0 radical (unpaired) electrons. The van der Waals surface area contributed by atoms with E-state index < -0.39 is 0 Å². The maximum atomic E-state index is 4.55. The molecule has 0 fully saturated rings. The van der Waals surface area contributed by atoms with Gasteiger partial charge in [-0.05, 0) is 25.0 Å². The summed E-state index contributed by atoms with van der Waals surface area (Å²) < 4.78 is 2.13. The third-order valence-electron chi connectivity index (χ3n) is 2.72. The highest BCUT2D eigenvalue weighted by Gasteiger charge is 2.10. The predicted octanol–water partition coefficient (Wildman–Crippen LogP) is 3.24. The van der Waals surface area contributed by atoms with Crippen LogP contribution in [0.4, 0.5) is 5.69 Å². The highest BCUT2D eigenvalue weighted by atomic mass is 15.0. The molecule has 3 heteroatoms. The lowest BCUT2D eigenvalue weighted by Gasteiger charge is -1.97. The smallest absolute Gasteiger partial charge is 0.114 e. The molecule has 3 nitrogen and oxygen atoms in total. The second-order valence-electron chi connectivity index (χ2n) is 4.39. The van der Waals surface area contributed by atoms with E-state index in [1.807, 2.05) is 25.5 Å². The quantitative estimate of drug-likeness (QED) is 0.707. The number of rotatable bonds is 2. The topological polar surface area (TPSA) is 30.2 Å². The third-order valence-corrected chi connectivity index (χ3v) is 2.72. The maximum Gasteiger partial charge on any atom is 0.114 e. The molecule has 0 bridgehead atoms. The molecular weight excluding hydrogens is 198 g/mol. The molecule has 0 saturated heterocycles. The van der Waals surface area contributed by atoms with Crippen molar-refractivity contribution < 1.29 is 0 Å². The summed E-state index contributed by atoms with van der Waals surface area (Å²) in [7, 11) is 2.05. The van der Waals surface area contributed by atoms with Crippen LogP contribution in [0.3, 0.4) is 0 Å². The number of hydrogen-bond donors (Lipinski definition) is 0. The van der Waals surface area contributed by atoms with Crippen LogP contribution in [0.15, 0.2) is 23.3 Å². The first-order chi connectivity index (χ1) is 7.61. The summed E-state index contributed by atoms with van der Waals surface area (Å²) in [6.45, 7) is 6.32. The Hall–Kier alpha value is -1.64. The van der Waals surface area contributed by atoms with Crippen LogP contribution in [-0.4, -0.2) is 15.8 Å². The summed E-state index contributed by atoms with van der Waals surface area (Å²) in [6, 6.07) is 4.03. The molecule has 0 aliphatic rings. The van der Waals surface area contributed by atoms with Gasteiger partial charge in [0, 0.05) is 25.2 Å². The Kier molecular flexibility index (Phi) is 2.77. The third kappa shape index (κ3) is 1.73. The standard InChI is InChI=1S/C13H17N3/c1-9(2)8-15-12-10(3)16(4)11-6-5-7-14-13(11)12/h5-9H,1-4H3/b15-8-. The average molecular weight is 215 g/mol. The van der Waals surface area contributed by atoms with E-state index >= 15 is 0 Å². The summed E-state index contributed by atoms with van der Waals surface area (Å²) in [5.41, 5.74) is 4.27. The van der Waals surface area contributed by atoms with Crippen molar-refractivity contribution in [2.24, 2.45) is 18.0 Å². The second-order valence-corrected chi connectivity index (χ2v) is 4.39. The minimum Gasteiger partial charge on any atom is -0.345 e. The minimum absolute atomic E-state index is 0.457. The summed E-state index contributed by atoms with van der Waals surface area (Å²) in [6.07, 6.45) is 3.78. The molecule has 84 valence electrons. The highest BCUT2D eigenvalue weighted by Crippen LogP contribution is 2.30. The van der Waals surface area contributed by atoms with E-state index in [4.69, 9.17) is 0 Å². The zero-order valence-corrected chi connectivity index (χ0v) is 10.2. The van der Waals surface area contributed by atoms with Gasteiger partial charge in [0.15, 0.2) is 0 Å². The molecule has 0 aliphatic carbocycles. The van der Waals surface area contributed by atoms with Crippen molar-refractivity contribution in [2.75, 3.05) is 0 Å². The van der Waals surface area contributed by atoms with Gasteiger partial charge in [-0.25, -0.2) is 0 Å². The Morgan fingerprint density at radius 1 is 1.44 bits per heavy atom. The van der Waals surface area contributed by atoms with Gasteiger partial charge in [0.1, 0.15) is 11.2 Å². The number of aromatic nitrogens is 2. The highest BCUT2D eigenvalue weighted by molar-refractivity contribution is 5.91. The van der Waals surface area contributed by atoms with Crippen LogP contribution in [0.25, 0.3) is 11.0 Å². The Bertz CT molecular complexity index is 535. The molecule has 2 rings (SSSR count). The summed E-state index contributed by atoms with van der Waals surface area (Å²) in [4.78, 5) is 8.95. The summed E-state index contributed by atoms with van der Waals surface area (Å²) in [5, 5.41) is 0. The first kappa shape index (κ1) is 10.9. The Balaban J connectivity index is 2.64. The first-order valence-electron chi connectivity index (χ1n) is 5.55. The van der Waals surface area contributed by atoms with Crippen LogP contribution >= 0.6 is 0 Å². The van der Waals surface area contributed by atoms with Crippen molar-refractivity contribution in [1.82, 2.24) is 9.55 Å². The van der Waals surface area contributed by atoms with Gasteiger partial charge in [-0.15, -0.1) is 0 Å². The SMILES string of the molecule is Cc1c(/N=C\C(C)C)c2ncccc2n1C. The van der Waals surface area contributed by atoms with Crippen molar-refractivity contribution in [3.63, 3.8) is 0 Å². The number of hydrogen-bond acceptors (Lipinski definition) is 2. The van der Waals surface area contributed by atoms with Gasteiger partial charge in [0.2, 0.25) is 0 Å². The van der Waals surface area contributed by atoms with Gasteiger partial charge in [0.25, 0.3) is 0 Å². The van der Waals surface area contributed by atoms with E-state index in [2.05, 4.69) is 41.4 Å². The van der Waals surface area contributed by atoms with Gasteiger partial charge in [-0.2, -0.15) is 0 Å². The summed E-state index contributed by atoms with van der Waals surface area (Å²) in [5.74, 6) is 0.457. The number of fused-ring (bicyclic) bond motifs is 1. The van der Waals surface area contributed by atoms with Crippen LogP contribution in [0.2, 0.25) is 0 Å². The largest absolute Gasteiger partial charge is 0.345 e. The Morgan fingerprint density at radius 3 is 2.88 bits per heavy atom. The van der Waals surface area contributed by atoms with Gasteiger partial charge in [-0.1, -0.05) is 13.8 Å². The molecule has 0 aliphatic heterocycles. The fraction of sp³-hybridized carbons (Fsp3) is 0.385. The van der Waals surface area contributed by atoms with Gasteiger partial charge in [-0.3, -0.25) is 9.98 Å². The lowest BCUT2D eigenvalue weighted by molar-refractivity contribution is 0.902. The van der Waals surface area contributed by atoms with Crippen LogP contribution < -0.4 is 0 Å². The predicted molar refractivity (Wildman–Crippen MR) is 68.4 cm³/mol. The molecular formula is C13H17N3. The number of nitrogens with zero attached hydrogens (tertiary/aromatic N) is 3. The molecule has 2 aromatic rings. The fourth-order valence-corrected chi connectivity index (χ4v) is 1.74. The number of aliphatic imine (C=N–C) groups is 1. The minimum atomic E-state index is 0.457. The van der Waals surface area contributed by atoms with Gasteiger partial charge >= 0.3 is 0 Å². The van der Waals surface area contributed by atoms with E-state index in [1.54, 1.807) is 0 Å². The van der Waals surface area contributed by atoms with Crippen molar-refractivity contribution >= 4 is 22.9 Å². The summed E-state index contributed by atoms with van der Waals surface area (Å²) >= 11 is 0. The molecule has 2 aromatic heterocycles. The maximum absolute atomic E-state index is 4.55. The van der Waals surface area contributed by atoms with Crippen LogP contribution in [0.1, 0.15) is 19.5 Å². The van der Waals surface area contributed by atoms with Crippen molar-refractivity contribution in [1.29, 1.82) is 0 Å². The molecule has 0 amide bonds. The van der Waals surface area contributed by atoms with Crippen molar-refractivity contribution in [2.45, 2.75) is 20.8 Å². The molecule has 0 spiro atoms. The monoisotopic (exact) mass is 215 g/mol. The number of pyridine rings is 1. The zero-order chi connectivity index (χ0) is 11.7. The zero-order valence-electron chi connectivity index (χ0n) is 10.2. The lowest BCUT2D eigenvalue weighted by atomic mass is 10.2. The molecule has 0 N–H and O–H groups in total. The molecule has 0 unspecified atom stereocenters. The van der Waals surface area contributed by atoms with E-state index in [0.29, 0.717) is 5.92 Å². The van der Waals surface area contributed by atoms with E-state index in [-0.39, 0.29) is 0 Å². The number of aryl methyl sites for hydroxylation is 1. The molecule has 0 atom stereocenters. The molecule has 16 heavy (non-hydrogen) atoms. The fourth-order valence-electron chi connectivity index (χ4n) is 1.74. The van der Waals surface area contributed by atoms with Gasteiger partial charge < -0.3 is 4.57 Å². The second kappa shape index (κ2) is 4.08. The molecule has 2 heterocycles.